The fourth-order valence-corrected chi connectivity index (χ4v) is 2.27. The molecule has 1 aromatic heterocycles. The first-order valence-electron chi connectivity index (χ1n) is 7.90. The Morgan fingerprint density at radius 2 is 1.63 bits per heavy atom. The Hall–Kier alpha value is -3.68. The maximum Gasteiger partial charge on any atom is 0.414 e. The van der Waals surface area contributed by atoms with Crippen molar-refractivity contribution in [2.24, 2.45) is 7.05 Å². The average Bonchev–Trinajstić information content (AvgIpc) is 3.03. The second kappa shape index (κ2) is 9.14. The predicted octanol–water partition coefficient (Wildman–Crippen LogP) is 2.99. The minimum Gasteiger partial charge on any atom is -0.473 e. The lowest BCUT2D eigenvalue weighted by molar-refractivity contribution is -0.159. The molecule has 0 fully saturated rings. The summed E-state index contributed by atoms with van der Waals surface area (Å²) in [7, 11) is 1.94. The van der Waals surface area contributed by atoms with Crippen LogP contribution in [0.25, 0.3) is 11.3 Å². The van der Waals surface area contributed by atoms with Crippen molar-refractivity contribution in [2.45, 2.75) is 6.54 Å². The van der Waals surface area contributed by atoms with Gasteiger partial charge in [-0.25, -0.2) is 19.0 Å². The van der Waals surface area contributed by atoms with Crippen molar-refractivity contribution in [3.05, 3.63) is 72.2 Å². The zero-order valence-corrected chi connectivity index (χ0v) is 14.5. The Morgan fingerprint density at radius 3 is 2.22 bits per heavy atom. The summed E-state index contributed by atoms with van der Waals surface area (Å²) in [5.41, 5.74) is 2.75. The van der Waals surface area contributed by atoms with Crippen LogP contribution in [0, 0.1) is 5.82 Å². The van der Waals surface area contributed by atoms with Gasteiger partial charge in [0.2, 0.25) is 5.95 Å². The summed E-state index contributed by atoms with van der Waals surface area (Å²) in [6, 6.07) is 16.8. The fraction of sp³-hybridized carbons (Fsp3) is 0.105. The number of aliphatic carboxylic acids is 2. The first kappa shape index (κ1) is 19.6. The number of benzene rings is 2. The van der Waals surface area contributed by atoms with E-state index in [-0.39, 0.29) is 5.82 Å². The van der Waals surface area contributed by atoms with Gasteiger partial charge in [0.25, 0.3) is 0 Å². The zero-order chi connectivity index (χ0) is 19.8. The molecule has 0 saturated heterocycles. The quantitative estimate of drug-likeness (QED) is 0.609. The number of carboxylic acids is 2. The third kappa shape index (κ3) is 5.40. The SMILES string of the molecule is Cn1c(-c2ccccc2)cnc1NCc1ccccc1F.O=C(O)C(=O)O. The maximum atomic E-state index is 13.6. The molecule has 0 aliphatic rings. The predicted molar refractivity (Wildman–Crippen MR) is 97.6 cm³/mol. The van der Waals surface area contributed by atoms with Crippen molar-refractivity contribution in [1.82, 2.24) is 9.55 Å². The van der Waals surface area contributed by atoms with Gasteiger partial charge in [0.15, 0.2) is 0 Å². The molecule has 0 unspecified atom stereocenters. The molecule has 0 atom stereocenters. The number of hydrogen-bond acceptors (Lipinski definition) is 4. The number of aromatic nitrogens is 2. The first-order chi connectivity index (χ1) is 12.9. The van der Waals surface area contributed by atoms with E-state index in [9.17, 15) is 4.39 Å². The Labute approximate surface area is 154 Å². The van der Waals surface area contributed by atoms with Crippen molar-refractivity contribution < 1.29 is 24.2 Å². The fourth-order valence-electron chi connectivity index (χ4n) is 2.27. The number of halogens is 1. The van der Waals surface area contributed by atoms with Crippen LogP contribution in [0.2, 0.25) is 0 Å². The van der Waals surface area contributed by atoms with E-state index in [4.69, 9.17) is 19.8 Å². The molecule has 3 rings (SSSR count). The Balaban J connectivity index is 0.000000380. The van der Waals surface area contributed by atoms with Crippen molar-refractivity contribution >= 4 is 17.9 Å². The number of carbonyl (C=O) groups is 2. The lowest BCUT2D eigenvalue weighted by Crippen LogP contribution is -2.09. The van der Waals surface area contributed by atoms with E-state index in [1.54, 1.807) is 12.1 Å². The van der Waals surface area contributed by atoms with Crippen LogP contribution in [0.4, 0.5) is 10.3 Å². The van der Waals surface area contributed by atoms with Gasteiger partial charge in [0.1, 0.15) is 5.82 Å². The summed E-state index contributed by atoms with van der Waals surface area (Å²) < 4.78 is 15.6. The lowest BCUT2D eigenvalue weighted by Gasteiger charge is -2.09. The summed E-state index contributed by atoms with van der Waals surface area (Å²) in [6.07, 6.45) is 1.82. The number of imidazole rings is 1. The van der Waals surface area contributed by atoms with Crippen molar-refractivity contribution in [3.63, 3.8) is 0 Å². The molecular formula is C19H18FN3O4. The molecule has 3 N–H and O–H groups in total. The van der Waals surface area contributed by atoms with Gasteiger partial charge in [-0.15, -0.1) is 0 Å². The summed E-state index contributed by atoms with van der Waals surface area (Å²) in [5, 5.41) is 18.0. The topological polar surface area (TPSA) is 104 Å². The van der Waals surface area contributed by atoms with Crippen LogP contribution < -0.4 is 5.32 Å². The number of carboxylic acid groups (broad SMARTS) is 2. The highest BCUT2D eigenvalue weighted by Crippen LogP contribution is 2.21. The minimum absolute atomic E-state index is 0.206. The second-order valence-corrected chi connectivity index (χ2v) is 5.45. The second-order valence-electron chi connectivity index (χ2n) is 5.45. The summed E-state index contributed by atoms with van der Waals surface area (Å²) in [6.45, 7) is 0.408. The van der Waals surface area contributed by atoms with Crippen LogP contribution >= 0.6 is 0 Å². The highest BCUT2D eigenvalue weighted by molar-refractivity contribution is 6.27. The number of rotatable bonds is 4. The van der Waals surface area contributed by atoms with E-state index in [1.807, 2.05) is 54.2 Å². The molecule has 3 aromatic rings. The van der Waals surface area contributed by atoms with Gasteiger partial charge in [-0.3, -0.25) is 0 Å². The summed E-state index contributed by atoms with van der Waals surface area (Å²) in [4.78, 5) is 22.6. The Kier molecular flexibility index (Phi) is 6.65. The van der Waals surface area contributed by atoms with E-state index in [1.165, 1.54) is 6.07 Å². The van der Waals surface area contributed by atoms with Gasteiger partial charge in [0.05, 0.1) is 11.9 Å². The molecule has 0 aliphatic heterocycles. The smallest absolute Gasteiger partial charge is 0.414 e. The molecule has 0 radical (unpaired) electrons. The van der Waals surface area contributed by atoms with Crippen LogP contribution in [0.3, 0.4) is 0 Å². The Bertz CT molecular complexity index is 914. The van der Waals surface area contributed by atoms with Crippen LogP contribution in [0.5, 0.6) is 0 Å². The van der Waals surface area contributed by atoms with E-state index >= 15 is 0 Å². The molecule has 0 bridgehead atoms. The highest BCUT2D eigenvalue weighted by Gasteiger charge is 2.08. The molecule has 0 spiro atoms. The van der Waals surface area contributed by atoms with Crippen molar-refractivity contribution in [2.75, 3.05) is 5.32 Å². The molecule has 1 heterocycles. The van der Waals surface area contributed by atoms with E-state index in [2.05, 4.69) is 10.3 Å². The van der Waals surface area contributed by atoms with Crippen LogP contribution in [0.15, 0.2) is 60.8 Å². The summed E-state index contributed by atoms with van der Waals surface area (Å²) >= 11 is 0. The van der Waals surface area contributed by atoms with Crippen molar-refractivity contribution in [3.8, 4) is 11.3 Å². The first-order valence-corrected chi connectivity index (χ1v) is 7.90. The van der Waals surface area contributed by atoms with Gasteiger partial charge in [-0.2, -0.15) is 0 Å². The lowest BCUT2D eigenvalue weighted by atomic mass is 10.2. The summed E-state index contributed by atoms with van der Waals surface area (Å²) in [5.74, 6) is -3.13. The number of nitrogens with zero attached hydrogens (tertiary/aromatic N) is 2. The molecule has 0 aliphatic carbocycles. The Morgan fingerprint density at radius 1 is 1.04 bits per heavy atom. The molecule has 8 heteroatoms. The minimum atomic E-state index is -1.82. The van der Waals surface area contributed by atoms with Gasteiger partial charge < -0.3 is 20.1 Å². The van der Waals surface area contributed by atoms with E-state index < -0.39 is 11.9 Å². The third-order valence-corrected chi connectivity index (χ3v) is 3.64. The van der Waals surface area contributed by atoms with Crippen molar-refractivity contribution in [1.29, 1.82) is 0 Å². The molecule has 2 aromatic carbocycles. The normalized spacial score (nSPS) is 9.85. The molecule has 140 valence electrons. The molecule has 27 heavy (non-hydrogen) atoms. The van der Waals surface area contributed by atoms with Gasteiger partial charge in [0, 0.05) is 19.2 Å². The molecule has 0 amide bonds. The maximum absolute atomic E-state index is 13.6. The number of hydrogen-bond donors (Lipinski definition) is 3. The van der Waals surface area contributed by atoms with E-state index in [0.717, 1.165) is 17.2 Å². The zero-order valence-electron chi connectivity index (χ0n) is 14.5. The van der Waals surface area contributed by atoms with Gasteiger partial charge in [-0.05, 0) is 11.6 Å². The monoisotopic (exact) mass is 371 g/mol. The number of anilines is 1. The average molecular weight is 371 g/mol. The van der Waals surface area contributed by atoms with E-state index in [0.29, 0.717) is 12.1 Å². The molecule has 7 nitrogen and oxygen atoms in total. The van der Waals surface area contributed by atoms with Gasteiger partial charge in [-0.1, -0.05) is 48.5 Å². The third-order valence-electron chi connectivity index (χ3n) is 3.64. The van der Waals surface area contributed by atoms with Crippen LogP contribution in [-0.2, 0) is 23.2 Å². The van der Waals surface area contributed by atoms with Crippen LogP contribution in [-0.4, -0.2) is 31.7 Å². The largest absolute Gasteiger partial charge is 0.473 e. The standard InChI is InChI=1S/C17H16FN3.C2H2O4/c1-21-16(13-7-3-2-4-8-13)12-20-17(21)19-11-14-9-5-6-10-15(14)18;3-1(4)2(5)6/h2-10,12H,11H2,1H3,(H,19,20);(H,3,4)(H,5,6). The molecule has 0 saturated carbocycles. The number of nitrogens with one attached hydrogen (secondary N) is 1. The van der Waals surface area contributed by atoms with Gasteiger partial charge >= 0.3 is 11.9 Å². The highest BCUT2D eigenvalue weighted by atomic mass is 19.1. The molecular weight excluding hydrogens is 353 g/mol. The van der Waals surface area contributed by atoms with Crippen LogP contribution in [0.1, 0.15) is 5.56 Å².